The molecule has 2 saturated carbocycles. The molecule has 0 aromatic carbocycles. The fourth-order valence-electron chi connectivity index (χ4n) is 3.70. The van der Waals surface area contributed by atoms with Gasteiger partial charge >= 0.3 is 0 Å². The third kappa shape index (κ3) is 0.737. The Balaban J connectivity index is 2.17. The highest BCUT2D eigenvalue weighted by Gasteiger charge is 2.59. The van der Waals surface area contributed by atoms with E-state index >= 15 is 0 Å². The van der Waals surface area contributed by atoms with Crippen LogP contribution in [-0.2, 0) is 9.59 Å². The summed E-state index contributed by atoms with van der Waals surface area (Å²) in [7, 11) is 0. The van der Waals surface area contributed by atoms with Crippen molar-refractivity contribution in [1.82, 2.24) is 0 Å². The van der Waals surface area contributed by atoms with Gasteiger partial charge in [0.25, 0.3) is 0 Å². The van der Waals surface area contributed by atoms with Gasteiger partial charge in [-0.05, 0) is 25.7 Å². The molecule has 0 heterocycles. The molecule has 14 heavy (non-hydrogen) atoms. The second-order valence-electron chi connectivity index (χ2n) is 4.99. The maximum Gasteiger partial charge on any atom is 0.157 e. The van der Waals surface area contributed by atoms with Gasteiger partial charge in [-0.2, -0.15) is 0 Å². The Morgan fingerprint density at radius 3 is 3.00 bits per heavy atom. The number of hydrogen-bond donors (Lipinski definition) is 0. The molecule has 2 nitrogen and oxygen atoms in total. The predicted octanol–water partition coefficient (Wildman–Crippen LogP) is 1.89. The van der Waals surface area contributed by atoms with Crippen molar-refractivity contribution in [3.8, 4) is 0 Å². The van der Waals surface area contributed by atoms with Gasteiger partial charge in [-0.15, -0.1) is 0 Å². The van der Waals surface area contributed by atoms with Crippen LogP contribution in [0.4, 0.5) is 0 Å². The Morgan fingerprint density at radius 2 is 2.21 bits per heavy atom. The molecule has 0 aromatic heterocycles. The van der Waals surface area contributed by atoms with Gasteiger partial charge in [-0.25, -0.2) is 0 Å². The molecule has 0 aromatic rings. The van der Waals surface area contributed by atoms with Crippen molar-refractivity contribution >= 4 is 11.6 Å². The Morgan fingerprint density at radius 1 is 1.43 bits per heavy atom. The number of Topliss-reactive ketones (excluding diaryl/α,β-unsaturated/α-hetero) is 2. The minimum atomic E-state index is -0.357. The minimum Gasteiger partial charge on any atom is -0.299 e. The van der Waals surface area contributed by atoms with E-state index in [2.05, 4.69) is 6.08 Å². The van der Waals surface area contributed by atoms with Gasteiger partial charge in [0.2, 0.25) is 0 Å². The summed E-state index contributed by atoms with van der Waals surface area (Å²) in [5.41, 5.74) is 0.812. The van der Waals surface area contributed by atoms with E-state index < -0.39 is 0 Å². The summed E-state index contributed by atoms with van der Waals surface area (Å²) in [6.07, 6.45) is 5.92. The van der Waals surface area contributed by atoms with Gasteiger partial charge in [0.15, 0.2) is 5.78 Å². The van der Waals surface area contributed by atoms with Gasteiger partial charge in [-0.1, -0.05) is 18.1 Å². The second kappa shape index (κ2) is 2.36. The molecule has 3 rings (SSSR count). The van der Waals surface area contributed by atoms with Crippen LogP contribution in [0.3, 0.4) is 0 Å². The number of ketones is 2. The van der Waals surface area contributed by atoms with E-state index in [-0.39, 0.29) is 22.9 Å². The summed E-state index contributed by atoms with van der Waals surface area (Å²) in [5, 5.41) is 0. The zero-order chi connectivity index (χ0) is 9.92. The first kappa shape index (κ1) is 8.39. The molecular weight excluding hydrogens is 176 g/mol. The maximum atomic E-state index is 12.1. The minimum absolute atomic E-state index is 0.170. The average molecular weight is 190 g/mol. The third-order valence-corrected chi connectivity index (χ3v) is 4.30. The van der Waals surface area contributed by atoms with E-state index in [1.165, 1.54) is 0 Å². The summed E-state index contributed by atoms with van der Waals surface area (Å²) in [5.74, 6) is 0.359. The maximum absolute atomic E-state index is 12.1. The molecule has 0 saturated heterocycles. The van der Waals surface area contributed by atoms with Gasteiger partial charge in [0, 0.05) is 6.42 Å². The van der Waals surface area contributed by atoms with E-state index in [4.69, 9.17) is 0 Å². The molecule has 74 valence electrons. The Hall–Kier alpha value is -0.920. The van der Waals surface area contributed by atoms with Gasteiger partial charge in [-0.3, -0.25) is 9.59 Å². The number of allylic oxidation sites excluding steroid dienone is 2. The van der Waals surface area contributed by atoms with Gasteiger partial charge in [0.05, 0.1) is 11.3 Å². The number of hydrogen-bond acceptors (Lipinski definition) is 2. The number of carbonyl (C=O) groups excluding carboxylic acids is 2. The number of rotatable bonds is 0. The summed E-state index contributed by atoms with van der Waals surface area (Å²) < 4.78 is 0. The van der Waals surface area contributed by atoms with E-state index in [1.54, 1.807) is 0 Å². The summed E-state index contributed by atoms with van der Waals surface area (Å²) in [6, 6.07) is 0. The first-order valence-corrected chi connectivity index (χ1v) is 5.41. The quantitative estimate of drug-likeness (QED) is 0.432. The number of carbonyl (C=O) groups is 2. The third-order valence-electron chi connectivity index (χ3n) is 4.30. The SMILES string of the molecule is CC1=C[C@@]23CCC[C@@H]2CC(=O)[C@@H]1C3=O. The van der Waals surface area contributed by atoms with Crippen LogP contribution in [0.15, 0.2) is 11.6 Å². The van der Waals surface area contributed by atoms with Crippen molar-refractivity contribution in [3.63, 3.8) is 0 Å². The van der Waals surface area contributed by atoms with Gasteiger partial charge in [0.1, 0.15) is 5.78 Å². The molecule has 3 atom stereocenters. The van der Waals surface area contributed by atoms with Crippen molar-refractivity contribution in [2.45, 2.75) is 32.6 Å². The van der Waals surface area contributed by atoms with Crippen LogP contribution in [0.2, 0.25) is 0 Å². The normalized spacial score (nSPS) is 45.4. The standard InChI is InChI=1S/C12H14O2/c1-7-6-12-4-2-3-8(12)5-9(13)10(7)11(12)14/h6,8,10H,2-5H2,1H3/t8-,10-,12+/m1/s1. The summed E-state index contributed by atoms with van der Waals surface area (Å²) in [4.78, 5) is 23.9. The monoisotopic (exact) mass is 190 g/mol. The lowest BCUT2D eigenvalue weighted by Gasteiger charge is -2.33. The topological polar surface area (TPSA) is 34.1 Å². The molecular formula is C12H14O2. The van der Waals surface area contributed by atoms with Crippen molar-refractivity contribution in [3.05, 3.63) is 11.6 Å². The van der Waals surface area contributed by atoms with E-state index in [1.807, 2.05) is 6.92 Å². The largest absolute Gasteiger partial charge is 0.299 e. The molecule has 2 fully saturated rings. The number of fused-ring (bicyclic) bond motifs is 1. The highest BCUT2D eigenvalue weighted by molar-refractivity contribution is 6.13. The highest BCUT2D eigenvalue weighted by atomic mass is 16.2. The second-order valence-corrected chi connectivity index (χ2v) is 4.99. The van der Waals surface area contributed by atoms with Crippen LogP contribution >= 0.6 is 0 Å². The molecule has 3 aliphatic rings. The van der Waals surface area contributed by atoms with Crippen LogP contribution in [0.5, 0.6) is 0 Å². The molecule has 3 aliphatic carbocycles. The molecule has 0 amide bonds. The summed E-state index contributed by atoms with van der Waals surface area (Å²) >= 11 is 0. The first-order chi connectivity index (χ1) is 6.65. The van der Waals surface area contributed by atoms with Crippen molar-refractivity contribution < 1.29 is 9.59 Å². The predicted molar refractivity (Wildman–Crippen MR) is 51.7 cm³/mol. The zero-order valence-electron chi connectivity index (χ0n) is 8.38. The molecule has 0 N–H and O–H groups in total. The lowest BCUT2D eigenvalue weighted by atomic mass is 9.67. The van der Waals surface area contributed by atoms with E-state index in [0.29, 0.717) is 12.3 Å². The Bertz CT molecular complexity index is 367. The molecule has 0 aliphatic heterocycles. The zero-order valence-corrected chi connectivity index (χ0v) is 8.38. The van der Waals surface area contributed by atoms with Crippen LogP contribution in [0.1, 0.15) is 32.6 Å². The van der Waals surface area contributed by atoms with Gasteiger partial charge < -0.3 is 0 Å². The van der Waals surface area contributed by atoms with Crippen LogP contribution in [-0.4, -0.2) is 11.6 Å². The Labute approximate surface area is 83.4 Å². The smallest absolute Gasteiger partial charge is 0.157 e. The van der Waals surface area contributed by atoms with E-state index in [0.717, 1.165) is 24.8 Å². The first-order valence-electron chi connectivity index (χ1n) is 5.41. The van der Waals surface area contributed by atoms with E-state index in [9.17, 15) is 9.59 Å². The van der Waals surface area contributed by atoms with Crippen molar-refractivity contribution in [2.75, 3.05) is 0 Å². The Kier molecular flexibility index (Phi) is 1.41. The molecule has 2 bridgehead atoms. The molecule has 2 heteroatoms. The fourth-order valence-corrected chi connectivity index (χ4v) is 3.70. The molecule has 1 spiro atoms. The van der Waals surface area contributed by atoms with Crippen molar-refractivity contribution in [1.29, 1.82) is 0 Å². The lowest BCUT2D eigenvalue weighted by Crippen LogP contribution is -2.42. The summed E-state index contributed by atoms with van der Waals surface area (Å²) in [6.45, 7) is 1.94. The van der Waals surface area contributed by atoms with Crippen LogP contribution < -0.4 is 0 Å². The highest BCUT2D eigenvalue weighted by Crippen LogP contribution is 2.57. The molecule has 0 radical (unpaired) electrons. The lowest BCUT2D eigenvalue weighted by molar-refractivity contribution is -0.140. The fraction of sp³-hybridized carbons (Fsp3) is 0.667. The average Bonchev–Trinajstić information content (AvgIpc) is 2.56. The van der Waals surface area contributed by atoms with Crippen LogP contribution in [0.25, 0.3) is 0 Å². The van der Waals surface area contributed by atoms with Crippen LogP contribution in [0, 0.1) is 17.3 Å². The van der Waals surface area contributed by atoms with Crippen molar-refractivity contribution in [2.24, 2.45) is 17.3 Å². The molecule has 0 unspecified atom stereocenters.